The molecular formula is C17H11N5OS2. The highest BCUT2D eigenvalue weighted by Gasteiger charge is 2.14. The number of rotatable bonds is 4. The molecule has 0 radical (unpaired) electrons. The summed E-state index contributed by atoms with van der Waals surface area (Å²) >= 11 is 2.91. The Morgan fingerprint density at radius 1 is 1.20 bits per heavy atom. The first-order chi connectivity index (χ1) is 12.2. The van der Waals surface area contributed by atoms with Crippen LogP contribution in [0.3, 0.4) is 0 Å². The minimum absolute atomic E-state index is 0.133. The highest BCUT2D eigenvalue weighted by atomic mass is 32.2. The molecule has 2 aromatic heterocycles. The number of anilines is 1. The van der Waals surface area contributed by atoms with Crippen molar-refractivity contribution >= 4 is 49.9 Å². The van der Waals surface area contributed by atoms with Crippen LogP contribution in [0.15, 0.2) is 53.7 Å². The summed E-state index contributed by atoms with van der Waals surface area (Å²) in [6.45, 7) is 0. The highest BCUT2D eigenvalue weighted by Crippen LogP contribution is 2.29. The largest absolute Gasteiger partial charge is 0.325 e. The zero-order valence-corrected chi connectivity index (χ0v) is 14.5. The van der Waals surface area contributed by atoms with Gasteiger partial charge < -0.3 is 5.32 Å². The molecule has 122 valence electrons. The summed E-state index contributed by atoms with van der Waals surface area (Å²) in [4.78, 5) is 13.0. The molecule has 0 atom stereocenters. The molecule has 2 aromatic carbocycles. The molecule has 0 aliphatic rings. The van der Waals surface area contributed by atoms with Gasteiger partial charge in [-0.3, -0.25) is 9.20 Å². The van der Waals surface area contributed by atoms with Crippen molar-refractivity contribution in [3.8, 4) is 6.07 Å². The fraction of sp³-hybridized carbons (Fsp3) is 0.0588. The zero-order valence-electron chi connectivity index (χ0n) is 12.8. The second kappa shape index (κ2) is 6.55. The minimum Gasteiger partial charge on any atom is -0.325 e. The normalized spacial score (nSPS) is 10.8. The number of hydrogen-bond acceptors (Lipinski definition) is 6. The molecule has 0 aliphatic carbocycles. The SMILES string of the molecule is N#Cc1ccc(NC(=O)CSc2nnc3sc4ccccc4n23)cc1. The minimum atomic E-state index is -0.133. The maximum absolute atomic E-state index is 12.1. The van der Waals surface area contributed by atoms with Gasteiger partial charge in [-0.25, -0.2) is 0 Å². The van der Waals surface area contributed by atoms with E-state index in [2.05, 4.69) is 15.5 Å². The maximum Gasteiger partial charge on any atom is 0.234 e. The first kappa shape index (κ1) is 15.6. The van der Waals surface area contributed by atoms with E-state index in [0.717, 1.165) is 15.2 Å². The van der Waals surface area contributed by atoms with Gasteiger partial charge in [0.2, 0.25) is 10.9 Å². The standard InChI is InChI=1S/C17H11N5OS2/c18-9-11-5-7-12(8-6-11)19-15(23)10-24-16-20-21-17-22(16)13-3-1-2-4-14(13)25-17/h1-8H,10H2,(H,19,23). The van der Waals surface area contributed by atoms with Gasteiger partial charge in [-0.05, 0) is 36.4 Å². The van der Waals surface area contributed by atoms with E-state index >= 15 is 0 Å². The van der Waals surface area contributed by atoms with Crippen LogP contribution in [0.5, 0.6) is 0 Å². The average Bonchev–Trinajstić information content (AvgIpc) is 3.20. The van der Waals surface area contributed by atoms with Crippen molar-refractivity contribution in [1.82, 2.24) is 14.6 Å². The van der Waals surface area contributed by atoms with Crippen molar-refractivity contribution in [2.24, 2.45) is 0 Å². The molecule has 0 unspecified atom stereocenters. The van der Waals surface area contributed by atoms with Crippen molar-refractivity contribution in [2.75, 3.05) is 11.1 Å². The average molecular weight is 365 g/mol. The molecule has 0 bridgehead atoms. The van der Waals surface area contributed by atoms with E-state index < -0.39 is 0 Å². The van der Waals surface area contributed by atoms with E-state index in [1.165, 1.54) is 11.8 Å². The maximum atomic E-state index is 12.1. The number of thiazole rings is 1. The van der Waals surface area contributed by atoms with Crippen LogP contribution in [0.4, 0.5) is 5.69 Å². The smallest absolute Gasteiger partial charge is 0.234 e. The molecule has 2 heterocycles. The van der Waals surface area contributed by atoms with Gasteiger partial charge in [0, 0.05) is 5.69 Å². The third-order valence-electron chi connectivity index (χ3n) is 3.54. The number of fused-ring (bicyclic) bond motifs is 3. The van der Waals surface area contributed by atoms with Gasteiger partial charge in [-0.1, -0.05) is 35.2 Å². The summed E-state index contributed by atoms with van der Waals surface area (Å²) < 4.78 is 3.11. The van der Waals surface area contributed by atoms with Gasteiger partial charge in [-0.2, -0.15) is 5.26 Å². The van der Waals surface area contributed by atoms with E-state index in [-0.39, 0.29) is 11.7 Å². The second-order valence-corrected chi connectivity index (χ2v) is 7.15. The summed E-state index contributed by atoms with van der Waals surface area (Å²) in [6.07, 6.45) is 0. The van der Waals surface area contributed by atoms with Gasteiger partial charge in [0.1, 0.15) is 0 Å². The van der Waals surface area contributed by atoms with Crippen LogP contribution in [0.25, 0.3) is 15.2 Å². The van der Waals surface area contributed by atoms with E-state index in [4.69, 9.17) is 5.26 Å². The van der Waals surface area contributed by atoms with Crippen molar-refractivity contribution in [1.29, 1.82) is 5.26 Å². The van der Waals surface area contributed by atoms with Crippen LogP contribution in [-0.4, -0.2) is 26.3 Å². The third-order valence-corrected chi connectivity index (χ3v) is 5.48. The molecule has 8 heteroatoms. The van der Waals surface area contributed by atoms with Gasteiger partial charge in [0.15, 0.2) is 5.16 Å². The Morgan fingerprint density at radius 2 is 2.00 bits per heavy atom. The summed E-state index contributed by atoms with van der Waals surface area (Å²) in [5, 5.41) is 20.7. The van der Waals surface area contributed by atoms with Crippen LogP contribution in [-0.2, 0) is 4.79 Å². The molecule has 4 aromatic rings. The van der Waals surface area contributed by atoms with E-state index in [1.54, 1.807) is 35.6 Å². The topological polar surface area (TPSA) is 83.1 Å². The van der Waals surface area contributed by atoms with E-state index in [1.807, 2.05) is 34.7 Å². The van der Waals surface area contributed by atoms with Gasteiger partial charge in [0.25, 0.3) is 0 Å². The molecule has 0 spiro atoms. The molecule has 4 rings (SSSR count). The van der Waals surface area contributed by atoms with Crippen LogP contribution in [0.1, 0.15) is 5.56 Å². The van der Waals surface area contributed by atoms with Crippen molar-refractivity contribution in [3.05, 3.63) is 54.1 Å². The fourth-order valence-electron chi connectivity index (χ4n) is 2.40. The predicted octanol–water partition coefficient (Wildman–Crippen LogP) is 3.55. The molecule has 6 nitrogen and oxygen atoms in total. The Labute approximate surface area is 151 Å². The van der Waals surface area contributed by atoms with Crippen molar-refractivity contribution in [2.45, 2.75) is 5.16 Å². The predicted molar refractivity (Wildman–Crippen MR) is 98.9 cm³/mol. The van der Waals surface area contributed by atoms with Crippen LogP contribution < -0.4 is 5.32 Å². The molecule has 25 heavy (non-hydrogen) atoms. The number of nitrogens with one attached hydrogen (secondary N) is 1. The summed E-state index contributed by atoms with van der Waals surface area (Å²) in [5.74, 6) is 0.0938. The van der Waals surface area contributed by atoms with E-state index in [9.17, 15) is 4.79 Å². The Balaban J connectivity index is 1.48. The zero-order chi connectivity index (χ0) is 17.2. The lowest BCUT2D eigenvalue weighted by atomic mass is 10.2. The Hall–Kier alpha value is -2.89. The number of nitriles is 1. The Morgan fingerprint density at radius 3 is 2.80 bits per heavy atom. The number of aromatic nitrogens is 3. The lowest BCUT2D eigenvalue weighted by Crippen LogP contribution is -2.14. The molecule has 0 aliphatic heterocycles. The number of nitrogens with zero attached hydrogens (tertiary/aromatic N) is 4. The molecular weight excluding hydrogens is 354 g/mol. The van der Waals surface area contributed by atoms with E-state index in [0.29, 0.717) is 16.4 Å². The van der Waals surface area contributed by atoms with Crippen LogP contribution in [0.2, 0.25) is 0 Å². The van der Waals surface area contributed by atoms with Gasteiger partial charge in [-0.15, -0.1) is 10.2 Å². The molecule has 0 fully saturated rings. The monoisotopic (exact) mass is 365 g/mol. The molecule has 1 amide bonds. The van der Waals surface area contributed by atoms with Crippen LogP contribution in [0, 0.1) is 11.3 Å². The molecule has 1 N–H and O–H groups in total. The lowest BCUT2D eigenvalue weighted by molar-refractivity contribution is -0.113. The fourth-order valence-corrected chi connectivity index (χ4v) is 4.17. The number of thioether (sulfide) groups is 1. The number of carbonyl (C=O) groups excluding carboxylic acids is 1. The number of amides is 1. The number of hydrogen-bond donors (Lipinski definition) is 1. The van der Waals surface area contributed by atoms with Gasteiger partial charge in [0.05, 0.1) is 27.6 Å². The quantitative estimate of drug-likeness (QED) is 0.559. The number of carbonyl (C=O) groups is 1. The Kier molecular flexibility index (Phi) is 4.09. The first-order valence-corrected chi connectivity index (χ1v) is 9.20. The summed E-state index contributed by atoms with van der Waals surface area (Å²) in [7, 11) is 0. The van der Waals surface area contributed by atoms with Crippen molar-refractivity contribution < 1.29 is 4.79 Å². The first-order valence-electron chi connectivity index (χ1n) is 7.40. The highest BCUT2D eigenvalue weighted by molar-refractivity contribution is 7.99. The lowest BCUT2D eigenvalue weighted by Gasteiger charge is -2.04. The number of benzene rings is 2. The van der Waals surface area contributed by atoms with Crippen molar-refractivity contribution in [3.63, 3.8) is 0 Å². The Bertz CT molecular complexity index is 1110. The third kappa shape index (κ3) is 3.07. The molecule has 0 saturated heterocycles. The second-order valence-electron chi connectivity index (χ2n) is 5.20. The molecule has 0 saturated carbocycles. The number of para-hydroxylation sites is 1. The summed E-state index contributed by atoms with van der Waals surface area (Å²) in [5.41, 5.74) is 2.27. The van der Waals surface area contributed by atoms with Crippen LogP contribution >= 0.6 is 23.1 Å². The van der Waals surface area contributed by atoms with Gasteiger partial charge >= 0.3 is 0 Å². The summed E-state index contributed by atoms with van der Waals surface area (Å²) in [6, 6.07) is 16.8.